The maximum atomic E-state index is 10.8. The average Bonchev–Trinajstić information content (AvgIpc) is 3.03. The van der Waals surface area contributed by atoms with E-state index in [9.17, 15) is 10.1 Å². The number of nitro groups is 1. The van der Waals surface area contributed by atoms with Gasteiger partial charge in [-0.1, -0.05) is 42.0 Å². The Morgan fingerprint density at radius 3 is 2.70 bits per heavy atom. The van der Waals surface area contributed by atoms with Gasteiger partial charge in [0, 0.05) is 28.8 Å². The molecule has 0 bridgehead atoms. The normalized spacial score (nSPS) is 24.7. The number of rotatable bonds is 2. The molecule has 5 heteroatoms. The van der Waals surface area contributed by atoms with Gasteiger partial charge in [0.05, 0.1) is 11.0 Å². The van der Waals surface area contributed by atoms with Crippen LogP contribution in [0.1, 0.15) is 29.5 Å². The molecule has 4 rings (SSSR count). The standard InChI is InChI=1S/C18H15ClN2O2/c19-12-6-9-15-14-2-1-3-16(14)18(20-17(15)10-12)11-4-7-13(8-5-11)21(22)23/h1-2,4-10,14,16,18,20H,3H2/t14-,16-,18-/m0/s1. The second-order valence-electron chi connectivity index (χ2n) is 6.06. The largest absolute Gasteiger partial charge is 0.378 e. The van der Waals surface area contributed by atoms with Crippen LogP contribution in [-0.2, 0) is 0 Å². The molecule has 0 radical (unpaired) electrons. The van der Waals surface area contributed by atoms with Gasteiger partial charge in [0.15, 0.2) is 0 Å². The van der Waals surface area contributed by atoms with Crippen LogP contribution in [0.3, 0.4) is 0 Å². The molecule has 1 aliphatic heterocycles. The number of allylic oxidation sites excluding steroid dienone is 2. The highest BCUT2D eigenvalue weighted by Gasteiger charge is 2.37. The Kier molecular flexibility index (Phi) is 3.34. The van der Waals surface area contributed by atoms with Crippen LogP contribution in [0.5, 0.6) is 0 Å². The molecule has 0 amide bonds. The maximum absolute atomic E-state index is 10.8. The second-order valence-corrected chi connectivity index (χ2v) is 6.49. The Morgan fingerprint density at radius 2 is 1.96 bits per heavy atom. The van der Waals surface area contributed by atoms with Gasteiger partial charge in [0.1, 0.15) is 0 Å². The van der Waals surface area contributed by atoms with Crippen LogP contribution in [0, 0.1) is 16.0 Å². The van der Waals surface area contributed by atoms with E-state index in [0.717, 1.165) is 17.7 Å². The van der Waals surface area contributed by atoms with Gasteiger partial charge in [0.2, 0.25) is 0 Å². The van der Waals surface area contributed by atoms with E-state index >= 15 is 0 Å². The lowest BCUT2D eigenvalue weighted by Gasteiger charge is -2.37. The minimum atomic E-state index is -0.368. The topological polar surface area (TPSA) is 55.2 Å². The summed E-state index contributed by atoms with van der Waals surface area (Å²) in [5, 5.41) is 15.1. The van der Waals surface area contributed by atoms with Crippen LogP contribution >= 0.6 is 11.6 Å². The lowest BCUT2D eigenvalue weighted by Crippen LogP contribution is -2.29. The minimum absolute atomic E-state index is 0.120. The first kappa shape index (κ1) is 14.3. The molecule has 3 atom stereocenters. The van der Waals surface area contributed by atoms with Crippen molar-refractivity contribution < 1.29 is 4.92 Å². The van der Waals surface area contributed by atoms with Crippen molar-refractivity contribution >= 4 is 23.0 Å². The van der Waals surface area contributed by atoms with E-state index in [1.165, 1.54) is 5.56 Å². The average molecular weight is 327 g/mol. The monoisotopic (exact) mass is 326 g/mol. The molecule has 116 valence electrons. The number of halogens is 1. The zero-order valence-electron chi connectivity index (χ0n) is 12.3. The first-order chi connectivity index (χ1) is 11.1. The van der Waals surface area contributed by atoms with E-state index in [4.69, 9.17) is 11.6 Å². The summed E-state index contributed by atoms with van der Waals surface area (Å²) in [6, 6.07) is 12.9. The molecule has 1 aliphatic carbocycles. The van der Waals surface area contributed by atoms with Gasteiger partial charge in [0.25, 0.3) is 5.69 Å². The van der Waals surface area contributed by atoms with E-state index < -0.39 is 0 Å². The van der Waals surface area contributed by atoms with Crippen LogP contribution in [-0.4, -0.2) is 4.92 Å². The maximum Gasteiger partial charge on any atom is 0.269 e. The first-order valence-electron chi connectivity index (χ1n) is 7.60. The van der Waals surface area contributed by atoms with E-state index in [0.29, 0.717) is 16.9 Å². The van der Waals surface area contributed by atoms with Crippen molar-refractivity contribution in [3.63, 3.8) is 0 Å². The highest BCUT2D eigenvalue weighted by atomic mass is 35.5. The SMILES string of the molecule is O=[N+]([O-])c1ccc([C@@H]2Nc3cc(Cl)ccc3[C@@H]3C=CC[C@@H]32)cc1. The Hall–Kier alpha value is -2.33. The molecule has 0 saturated carbocycles. The number of fused-ring (bicyclic) bond motifs is 3. The van der Waals surface area contributed by atoms with Crippen molar-refractivity contribution in [1.29, 1.82) is 0 Å². The zero-order valence-corrected chi connectivity index (χ0v) is 13.0. The molecule has 0 spiro atoms. The fraction of sp³-hybridized carbons (Fsp3) is 0.222. The second kappa shape index (κ2) is 5.39. The molecule has 0 unspecified atom stereocenters. The van der Waals surface area contributed by atoms with Crippen molar-refractivity contribution in [2.75, 3.05) is 5.32 Å². The lowest BCUT2D eigenvalue weighted by atomic mass is 9.77. The van der Waals surface area contributed by atoms with Crippen molar-refractivity contribution in [3.05, 3.63) is 80.9 Å². The third-order valence-corrected chi connectivity index (χ3v) is 5.02. The van der Waals surface area contributed by atoms with Crippen molar-refractivity contribution in [3.8, 4) is 0 Å². The van der Waals surface area contributed by atoms with E-state index in [2.05, 4.69) is 23.5 Å². The van der Waals surface area contributed by atoms with Crippen LogP contribution < -0.4 is 5.32 Å². The van der Waals surface area contributed by atoms with Crippen molar-refractivity contribution in [2.45, 2.75) is 18.4 Å². The summed E-state index contributed by atoms with van der Waals surface area (Å²) in [4.78, 5) is 10.5. The number of hydrogen-bond donors (Lipinski definition) is 1. The Morgan fingerprint density at radius 1 is 1.17 bits per heavy atom. The molecule has 1 heterocycles. The number of non-ortho nitro benzene ring substituents is 1. The fourth-order valence-electron chi connectivity index (χ4n) is 3.70. The lowest BCUT2D eigenvalue weighted by molar-refractivity contribution is -0.384. The predicted molar refractivity (Wildman–Crippen MR) is 90.9 cm³/mol. The van der Waals surface area contributed by atoms with Crippen LogP contribution in [0.2, 0.25) is 5.02 Å². The summed E-state index contributed by atoms with van der Waals surface area (Å²) in [7, 11) is 0. The van der Waals surface area contributed by atoms with E-state index in [1.54, 1.807) is 12.1 Å². The molecular weight excluding hydrogens is 312 g/mol. The van der Waals surface area contributed by atoms with Crippen LogP contribution in [0.4, 0.5) is 11.4 Å². The third kappa shape index (κ3) is 2.39. The molecule has 0 fully saturated rings. The minimum Gasteiger partial charge on any atom is -0.378 e. The number of benzene rings is 2. The van der Waals surface area contributed by atoms with Gasteiger partial charge < -0.3 is 5.32 Å². The van der Waals surface area contributed by atoms with E-state index in [1.807, 2.05) is 24.3 Å². The molecule has 2 aromatic rings. The molecular formula is C18H15ClN2O2. The van der Waals surface area contributed by atoms with Crippen LogP contribution in [0.15, 0.2) is 54.6 Å². The highest BCUT2D eigenvalue weighted by molar-refractivity contribution is 6.30. The summed E-state index contributed by atoms with van der Waals surface area (Å²) < 4.78 is 0. The van der Waals surface area contributed by atoms with Gasteiger partial charge in [-0.25, -0.2) is 0 Å². The van der Waals surface area contributed by atoms with E-state index in [-0.39, 0.29) is 16.7 Å². The Labute approximate surface area is 138 Å². The number of nitro benzene ring substituents is 1. The number of nitrogens with zero attached hydrogens (tertiary/aromatic N) is 1. The van der Waals surface area contributed by atoms with Gasteiger partial charge in [-0.3, -0.25) is 10.1 Å². The highest BCUT2D eigenvalue weighted by Crippen LogP contribution is 2.50. The molecule has 0 saturated heterocycles. The summed E-state index contributed by atoms with van der Waals surface area (Å²) in [5.41, 5.74) is 3.51. The zero-order chi connectivity index (χ0) is 16.0. The molecule has 4 nitrogen and oxygen atoms in total. The van der Waals surface area contributed by atoms with Gasteiger partial charge in [-0.2, -0.15) is 0 Å². The van der Waals surface area contributed by atoms with Crippen molar-refractivity contribution in [1.82, 2.24) is 0 Å². The van der Waals surface area contributed by atoms with Crippen LogP contribution in [0.25, 0.3) is 0 Å². The number of hydrogen-bond acceptors (Lipinski definition) is 3. The quantitative estimate of drug-likeness (QED) is 0.476. The molecule has 1 N–H and O–H groups in total. The van der Waals surface area contributed by atoms with Crippen molar-refractivity contribution in [2.24, 2.45) is 5.92 Å². The number of anilines is 1. The van der Waals surface area contributed by atoms with Gasteiger partial charge in [-0.05, 0) is 35.6 Å². The molecule has 2 aliphatic rings. The van der Waals surface area contributed by atoms with Gasteiger partial charge >= 0.3 is 0 Å². The first-order valence-corrected chi connectivity index (χ1v) is 7.98. The number of nitrogens with one attached hydrogen (secondary N) is 1. The molecule has 2 aromatic carbocycles. The fourth-order valence-corrected chi connectivity index (χ4v) is 3.87. The summed E-state index contributed by atoms with van der Waals surface area (Å²) in [5.74, 6) is 0.786. The Bertz CT molecular complexity index is 801. The Balaban J connectivity index is 1.73. The molecule has 23 heavy (non-hydrogen) atoms. The third-order valence-electron chi connectivity index (χ3n) is 4.79. The summed E-state index contributed by atoms with van der Waals surface area (Å²) in [6.45, 7) is 0. The smallest absolute Gasteiger partial charge is 0.269 e. The predicted octanol–water partition coefficient (Wildman–Crippen LogP) is 5.07. The summed E-state index contributed by atoms with van der Waals surface area (Å²) in [6.07, 6.45) is 5.48. The molecule has 0 aromatic heterocycles. The van der Waals surface area contributed by atoms with Gasteiger partial charge in [-0.15, -0.1) is 0 Å². The summed E-state index contributed by atoms with van der Waals surface area (Å²) >= 11 is 6.14.